The van der Waals surface area contributed by atoms with Crippen molar-refractivity contribution in [3.63, 3.8) is 0 Å². The highest BCUT2D eigenvalue weighted by Crippen LogP contribution is 2.41. The highest BCUT2D eigenvalue weighted by Gasteiger charge is 2.43. The van der Waals surface area contributed by atoms with Crippen LogP contribution in [0.1, 0.15) is 16.7 Å². The van der Waals surface area contributed by atoms with Gasteiger partial charge >= 0.3 is 6.18 Å². The maximum Gasteiger partial charge on any atom is 0.416 e. The van der Waals surface area contributed by atoms with Crippen molar-refractivity contribution in [1.29, 1.82) is 0 Å². The van der Waals surface area contributed by atoms with E-state index < -0.39 is 17.7 Å². The fraction of sp³-hybridized carbons (Fsp3) is 0.321. The molecule has 1 amide bonds. The number of nitrogens with zero attached hydrogens (tertiary/aromatic N) is 2. The van der Waals surface area contributed by atoms with Crippen LogP contribution >= 0.6 is 0 Å². The van der Waals surface area contributed by atoms with Gasteiger partial charge in [-0.25, -0.2) is 0 Å². The highest BCUT2D eigenvalue weighted by molar-refractivity contribution is 5.82. The molecule has 0 bridgehead atoms. The van der Waals surface area contributed by atoms with Gasteiger partial charge in [0.15, 0.2) is 0 Å². The number of para-hydroxylation sites is 2. The average molecular weight is 496 g/mol. The summed E-state index contributed by atoms with van der Waals surface area (Å²) >= 11 is 0. The zero-order valence-electron chi connectivity index (χ0n) is 20.0. The van der Waals surface area contributed by atoms with Crippen molar-refractivity contribution in [3.05, 3.63) is 89.5 Å². The average Bonchev–Trinajstić information content (AvgIpc) is 2.90. The van der Waals surface area contributed by atoms with E-state index in [0.29, 0.717) is 31.7 Å². The molecule has 0 saturated carbocycles. The second-order valence-electron chi connectivity index (χ2n) is 9.23. The van der Waals surface area contributed by atoms with E-state index >= 15 is 0 Å². The number of benzene rings is 3. The number of ether oxygens (including phenoxy) is 1. The minimum atomic E-state index is -4.43. The van der Waals surface area contributed by atoms with Crippen molar-refractivity contribution in [1.82, 2.24) is 5.32 Å². The Labute approximate surface area is 208 Å². The third kappa shape index (κ3) is 4.72. The first-order valence-corrected chi connectivity index (χ1v) is 12.0. The summed E-state index contributed by atoms with van der Waals surface area (Å²) < 4.78 is 45.9. The Hall–Kier alpha value is -3.68. The lowest BCUT2D eigenvalue weighted by Crippen LogP contribution is -2.61. The molecule has 1 saturated heterocycles. The van der Waals surface area contributed by atoms with Gasteiger partial charge in [0.1, 0.15) is 5.75 Å². The van der Waals surface area contributed by atoms with E-state index in [1.807, 2.05) is 54.6 Å². The predicted octanol–water partition coefficient (Wildman–Crippen LogP) is 4.90. The van der Waals surface area contributed by atoms with Gasteiger partial charge in [-0.15, -0.1) is 0 Å². The fourth-order valence-electron chi connectivity index (χ4n) is 5.33. The van der Waals surface area contributed by atoms with Crippen molar-refractivity contribution in [2.75, 3.05) is 36.5 Å². The van der Waals surface area contributed by atoms with Crippen molar-refractivity contribution in [2.45, 2.75) is 25.2 Å². The topological polar surface area (TPSA) is 44.8 Å². The van der Waals surface area contributed by atoms with Crippen LogP contribution in [0.4, 0.5) is 24.5 Å². The Morgan fingerprint density at radius 3 is 2.50 bits per heavy atom. The van der Waals surface area contributed by atoms with E-state index in [2.05, 4.69) is 15.1 Å². The second-order valence-corrected chi connectivity index (χ2v) is 9.23. The van der Waals surface area contributed by atoms with Crippen LogP contribution in [-0.4, -0.2) is 38.7 Å². The molecule has 0 unspecified atom stereocenters. The molecule has 5 nitrogen and oxygen atoms in total. The predicted molar refractivity (Wildman–Crippen MR) is 133 cm³/mol. The monoisotopic (exact) mass is 495 g/mol. The first-order chi connectivity index (χ1) is 17.3. The molecule has 3 aromatic carbocycles. The maximum atomic E-state index is 13.5. The molecule has 2 atom stereocenters. The molecule has 5 rings (SSSR count). The van der Waals surface area contributed by atoms with Gasteiger partial charge < -0.3 is 19.9 Å². The number of anilines is 2. The van der Waals surface area contributed by atoms with Crippen LogP contribution in [0, 0.1) is 5.92 Å². The van der Waals surface area contributed by atoms with Crippen LogP contribution in [0.2, 0.25) is 0 Å². The third-order valence-corrected chi connectivity index (χ3v) is 7.11. The molecular formula is C28H28F3N3O2. The molecular weight excluding hydrogens is 467 g/mol. The molecule has 3 aromatic rings. The summed E-state index contributed by atoms with van der Waals surface area (Å²) in [6, 6.07) is 21.1. The van der Waals surface area contributed by atoms with E-state index in [9.17, 15) is 18.0 Å². The molecule has 2 aliphatic rings. The largest absolute Gasteiger partial charge is 0.495 e. The zero-order valence-corrected chi connectivity index (χ0v) is 20.0. The molecule has 188 valence electrons. The van der Waals surface area contributed by atoms with Crippen LogP contribution in [0.25, 0.3) is 0 Å². The Bertz CT molecular complexity index is 1230. The third-order valence-electron chi connectivity index (χ3n) is 7.11. The molecule has 2 heterocycles. The minimum Gasteiger partial charge on any atom is -0.495 e. The van der Waals surface area contributed by atoms with Crippen molar-refractivity contribution in [3.8, 4) is 5.75 Å². The summed E-state index contributed by atoms with van der Waals surface area (Å²) in [4.78, 5) is 17.8. The molecule has 0 radical (unpaired) electrons. The highest BCUT2D eigenvalue weighted by atomic mass is 19.4. The normalized spacial score (nSPS) is 19.3. The summed E-state index contributed by atoms with van der Waals surface area (Å²) in [6.45, 7) is 2.18. The lowest BCUT2D eigenvalue weighted by molar-refractivity contribution is -0.137. The molecule has 0 aliphatic carbocycles. The van der Waals surface area contributed by atoms with E-state index in [0.717, 1.165) is 28.8 Å². The van der Waals surface area contributed by atoms with Crippen molar-refractivity contribution >= 4 is 17.3 Å². The number of fused-ring (bicyclic) bond motifs is 3. The second kappa shape index (κ2) is 9.76. The molecule has 0 spiro atoms. The number of piperazine rings is 1. The first kappa shape index (κ1) is 24.0. The zero-order chi connectivity index (χ0) is 25.3. The number of carbonyl (C=O) groups is 1. The van der Waals surface area contributed by atoms with Crippen molar-refractivity contribution in [2.24, 2.45) is 5.92 Å². The standard InChI is InChI=1S/C28H28F3N3O2/c1-36-26-10-6-5-9-24(26)33-13-14-34-23-12-11-21(28(29,30)31)15-20(23)16-22(25(34)18-33)27(35)32-17-19-7-3-2-4-8-19/h2-12,15,22,25H,13-14,16-18H2,1H3,(H,32,35)/t22-,25+/m0/s1. The van der Waals surface area contributed by atoms with Gasteiger partial charge in [0.2, 0.25) is 5.91 Å². The minimum absolute atomic E-state index is 0.154. The first-order valence-electron chi connectivity index (χ1n) is 12.0. The number of hydrogen-bond donors (Lipinski definition) is 1. The lowest BCUT2D eigenvalue weighted by Gasteiger charge is -2.49. The van der Waals surface area contributed by atoms with Gasteiger partial charge in [0.05, 0.1) is 30.3 Å². The number of halogens is 3. The quantitative estimate of drug-likeness (QED) is 0.547. The van der Waals surface area contributed by atoms with Gasteiger partial charge in [-0.2, -0.15) is 13.2 Å². The Balaban J connectivity index is 1.46. The number of nitrogens with one attached hydrogen (secondary N) is 1. The molecule has 1 fully saturated rings. The van der Waals surface area contributed by atoms with Crippen LogP contribution in [-0.2, 0) is 23.9 Å². The summed E-state index contributed by atoms with van der Waals surface area (Å²) in [5.41, 5.74) is 2.57. The van der Waals surface area contributed by atoms with E-state index in [1.165, 1.54) is 6.07 Å². The van der Waals surface area contributed by atoms with Crippen LogP contribution < -0.4 is 19.9 Å². The van der Waals surface area contributed by atoms with Crippen LogP contribution in [0.5, 0.6) is 5.75 Å². The van der Waals surface area contributed by atoms with Crippen molar-refractivity contribution < 1.29 is 22.7 Å². The van der Waals surface area contributed by atoms with Gasteiger partial charge in [0.25, 0.3) is 0 Å². The van der Waals surface area contributed by atoms with E-state index in [-0.39, 0.29) is 18.4 Å². The number of alkyl halides is 3. The van der Waals surface area contributed by atoms with Gasteiger partial charge in [-0.1, -0.05) is 42.5 Å². The summed E-state index contributed by atoms with van der Waals surface area (Å²) in [6.07, 6.45) is -4.18. The lowest BCUT2D eigenvalue weighted by atomic mass is 9.82. The number of methoxy groups -OCH3 is 1. The molecule has 2 aliphatic heterocycles. The Morgan fingerprint density at radius 1 is 1.00 bits per heavy atom. The summed E-state index contributed by atoms with van der Waals surface area (Å²) in [7, 11) is 1.63. The molecule has 8 heteroatoms. The number of carbonyl (C=O) groups excluding carboxylic acids is 1. The maximum absolute atomic E-state index is 13.5. The molecule has 36 heavy (non-hydrogen) atoms. The number of hydrogen-bond acceptors (Lipinski definition) is 4. The number of rotatable bonds is 5. The Kier molecular flexibility index (Phi) is 6.51. The van der Waals surface area contributed by atoms with Gasteiger partial charge in [-0.05, 0) is 47.9 Å². The summed E-state index contributed by atoms with van der Waals surface area (Å²) in [5.74, 6) is 0.100. The summed E-state index contributed by atoms with van der Waals surface area (Å²) in [5, 5.41) is 3.02. The molecule has 1 N–H and O–H groups in total. The smallest absolute Gasteiger partial charge is 0.416 e. The van der Waals surface area contributed by atoms with E-state index in [4.69, 9.17) is 4.74 Å². The van der Waals surface area contributed by atoms with Gasteiger partial charge in [-0.3, -0.25) is 4.79 Å². The number of amides is 1. The van der Waals surface area contributed by atoms with Gasteiger partial charge in [0, 0.05) is 31.9 Å². The van der Waals surface area contributed by atoms with E-state index in [1.54, 1.807) is 13.2 Å². The fourth-order valence-corrected chi connectivity index (χ4v) is 5.33. The molecule has 0 aromatic heterocycles. The van der Waals surface area contributed by atoms with Crippen LogP contribution in [0.3, 0.4) is 0 Å². The Morgan fingerprint density at radius 2 is 1.75 bits per heavy atom. The SMILES string of the molecule is COc1ccccc1N1CCN2c3ccc(C(F)(F)F)cc3C[C@H](C(=O)NCc3ccccc3)[C@H]2C1. The van der Waals surface area contributed by atoms with Crippen LogP contribution in [0.15, 0.2) is 72.8 Å².